The Morgan fingerprint density at radius 2 is 2.00 bits per heavy atom. The number of phenols is 1. The summed E-state index contributed by atoms with van der Waals surface area (Å²) < 4.78 is 0. The highest BCUT2D eigenvalue weighted by Crippen LogP contribution is 2.27. The summed E-state index contributed by atoms with van der Waals surface area (Å²) >= 11 is 0. The summed E-state index contributed by atoms with van der Waals surface area (Å²) in [4.78, 5) is 13.8. The fourth-order valence-corrected chi connectivity index (χ4v) is 2.58. The van der Waals surface area contributed by atoms with E-state index in [1.54, 1.807) is 36.2 Å². The molecule has 1 aromatic rings. The largest absolute Gasteiger partial charge is 0.508 e. The van der Waals surface area contributed by atoms with Crippen LogP contribution in [0.2, 0.25) is 0 Å². The summed E-state index contributed by atoms with van der Waals surface area (Å²) in [6.45, 7) is 0.652. The number of benzene rings is 1. The summed E-state index contributed by atoms with van der Waals surface area (Å²) in [5, 5.41) is 18.5. The van der Waals surface area contributed by atoms with Crippen LogP contribution in [0.3, 0.4) is 0 Å². The molecule has 110 valence electrons. The Kier molecular flexibility index (Phi) is 4.62. The standard InChI is InChI=1S/C15H22N2O3/c1-17(9-11-6-13(19)7-11)15(20)14(16)8-10-2-4-12(18)5-3-10/h2-5,11,13-14,18-19H,6-9,16H2,1H3/t11?,13?,14-/m1/s1. The van der Waals surface area contributed by atoms with Crippen molar-refractivity contribution >= 4 is 5.91 Å². The minimum Gasteiger partial charge on any atom is -0.508 e. The van der Waals surface area contributed by atoms with Gasteiger partial charge in [0.05, 0.1) is 12.1 Å². The van der Waals surface area contributed by atoms with Crippen molar-refractivity contribution < 1.29 is 15.0 Å². The van der Waals surface area contributed by atoms with E-state index in [9.17, 15) is 15.0 Å². The second-order valence-electron chi connectivity index (χ2n) is 5.69. The fourth-order valence-electron chi connectivity index (χ4n) is 2.58. The first-order valence-electron chi connectivity index (χ1n) is 6.92. The van der Waals surface area contributed by atoms with E-state index < -0.39 is 6.04 Å². The summed E-state index contributed by atoms with van der Waals surface area (Å²) in [7, 11) is 1.75. The Labute approximate surface area is 119 Å². The van der Waals surface area contributed by atoms with E-state index in [2.05, 4.69) is 0 Å². The zero-order valence-corrected chi connectivity index (χ0v) is 11.7. The van der Waals surface area contributed by atoms with Crippen molar-refractivity contribution in [3.63, 3.8) is 0 Å². The zero-order chi connectivity index (χ0) is 14.7. The Morgan fingerprint density at radius 3 is 2.55 bits per heavy atom. The van der Waals surface area contributed by atoms with Gasteiger partial charge in [0, 0.05) is 13.6 Å². The van der Waals surface area contributed by atoms with Gasteiger partial charge in [-0.1, -0.05) is 12.1 Å². The summed E-state index contributed by atoms with van der Waals surface area (Å²) in [5.41, 5.74) is 6.87. The van der Waals surface area contributed by atoms with E-state index in [0.29, 0.717) is 18.9 Å². The number of hydrogen-bond acceptors (Lipinski definition) is 4. The molecule has 0 heterocycles. The molecule has 2 rings (SSSR count). The van der Waals surface area contributed by atoms with Crippen molar-refractivity contribution in [2.75, 3.05) is 13.6 Å². The minimum absolute atomic E-state index is 0.0838. The van der Waals surface area contributed by atoms with E-state index in [-0.39, 0.29) is 17.8 Å². The fraction of sp³-hybridized carbons (Fsp3) is 0.533. The molecule has 1 aliphatic rings. The third-order valence-electron chi connectivity index (χ3n) is 3.83. The monoisotopic (exact) mass is 278 g/mol. The number of phenolic OH excluding ortho intramolecular Hbond substituents is 1. The molecular formula is C15H22N2O3. The smallest absolute Gasteiger partial charge is 0.239 e. The number of aliphatic hydroxyl groups excluding tert-OH is 1. The van der Waals surface area contributed by atoms with Gasteiger partial charge in [-0.25, -0.2) is 0 Å². The number of aromatic hydroxyl groups is 1. The van der Waals surface area contributed by atoms with E-state index in [1.165, 1.54) is 0 Å². The lowest BCUT2D eigenvalue weighted by Gasteiger charge is -2.35. The molecule has 5 nitrogen and oxygen atoms in total. The van der Waals surface area contributed by atoms with Crippen molar-refractivity contribution in [1.82, 2.24) is 4.90 Å². The van der Waals surface area contributed by atoms with Crippen LogP contribution in [-0.2, 0) is 11.2 Å². The maximum absolute atomic E-state index is 12.2. The Bertz CT molecular complexity index is 455. The Morgan fingerprint density at radius 1 is 1.40 bits per heavy atom. The lowest BCUT2D eigenvalue weighted by molar-refractivity contribution is -0.132. The SMILES string of the molecule is CN(CC1CC(O)C1)C(=O)[C@H](N)Cc1ccc(O)cc1. The predicted octanol–water partition coefficient (Wildman–Crippen LogP) is 0.491. The van der Waals surface area contributed by atoms with Crippen LogP contribution in [0.5, 0.6) is 5.75 Å². The van der Waals surface area contributed by atoms with E-state index >= 15 is 0 Å². The molecule has 5 heteroatoms. The molecule has 1 amide bonds. The van der Waals surface area contributed by atoms with Crippen molar-refractivity contribution in [3.05, 3.63) is 29.8 Å². The average Bonchev–Trinajstić information content (AvgIpc) is 2.38. The van der Waals surface area contributed by atoms with E-state index in [0.717, 1.165) is 18.4 Å². The minimum atomic E-state index is -0.574. The molecule has 1 aliphatic carbocycles. The van der Waals surface area contributed by atoms with E-state index in [4.69, 9.17) is 5.73 Å². The maximum atomic E-state index is 12.2. The maximum Gasteiger partial charge on any atom is 0.239 e. The van der Waals surface area contributed by atoms with Crippen LogP contribution in [0.4, 0.5) is 0 Å². The van der Waals surface area contributed by atoms with Gasteiger partial charge >= 0.3 is 0 Å². The lowest BCUT2D eigenvalue weighted by atomic mass is 9.82. The Balaban J connectivity index is 1.83. The lowest BCUT2D eigenvalue weighted by Crippen LogP contribution is -2.46. The number of carbonyl (C=O) groups excluding carboxylic acids is 1. The normalized spacial score (nSPS) is 22.9. The molecule has 4 N–H and O–H groups in total. The van der Waals surface area contributed by atoms with Gasteiger partial charge in [0.1, 0.15) is 5.75 Å². The molecule has 0 aliphatic heterocycles. The van der Waals surface area contributed by atoms with Crippen LogP contribution in [0.1, 0.15) is 18.4 Å². The summed E-state index contributed by atoms with van der Waals surface area (Å²) in [6.07, 6.45) is 1.79. The third kappa shape index (κ3) is 3.71. The number of carbonyl (C=O) groups is 1. The van der Waals surface area contributed by atoms with Crippen molar-refractivity contribution in [2.24, 2.45) is 11.7 Å². The number of nitrogens with zero attached hydrogens (tertiary/aromatic N) is 1. The molecule has 0 radical (unpaired) electrons. The van der Waals surface area contributed by atoms with Crippen LogP contribution < -0.4 is 5.73 Å². The first kappa shape index (κ1) is 14.8. The molecular weight excluding hydrogens is 256 g/mol. The van der Waals surface area contributed by atoms with E-state index in [1.807, 2.05) is 0 Å². The second-order valence-corrected chi connectivity index (χ2v) is 5.69. The van der Waals surface area contributed by atoms with Crippen LogP contribution in [0.25, 0.3) is 0 Å². The first-order chi connectivity index (χ1) is 9.45. The quantitative estimate of drug-likeness (QED) is 0.731. The van der Waals surface area contributed by atoms with Gasteiger partial charge in [-0.05, 0) is 42.9 Å². The molecule has 0 spiro atoms. The van der Waals surface area contributed by atoms with Gasteiger partial charge in [-0.15, -0.1) is 0 Å². The molecule has 1 fully saturated rings. The summed E-state index contributed by atoms with van der Waals surface area (Å²) in [5.74, 6) is 0.508. The van der Waals surface area contributed by atoms with Gasteiger partial charge in [0.2, 0.25) is 5.91 Å². The highest BCUT2D eigenvalue weighted by Gasteiger charge is 2.30. The molecule has 0 bridgehead atoms. The van der Waals surface area contributed by atoms with Gasteiger partial charge in [-0.3, -0.25) is 4.79 Å². The third-order valence-corrected chi connectivity index (χ3v) is 3.83. The van der Waals surface area contributed by atoms with Crippen LogP contribution in [0.15, 0.2) is 24.3 Å². The van der Waals surface area contributed by atoms with Crippen LogP contribution in [-0.4, -0.2) is 46.8 Å². The van der Waals surface area contributed by atoms with Gasteiger partial charge in [0.25, 0.3) is 0 Å². The molecule has 0 saturated heterocycles. The molecule has 0 aromatic heterocycles. The van der Waals surface area contributed by atoms with Crippen LogP contribution in [0, 0.1) is 5.92 Å². The van der Waals surface area contributed by atoms with Crippen molar-refractivity contribution in [1.29, 1.82) is 0 Å². The van der Waals surface area contributed by atoms with Gasteiger partial charge in [0.15, 0.2) is 0 Å². The number of aliphatic hydroxyl groups is 1. The molecule has 1 saturated carbocycles. The van der Waals surface area contributed by atoms with Gasteiger partial charge < -0.3 is 20.8 Å². The number of amides is 1. The number of hydrogen-bond donors (Lipinski definition) is 3. The molecule has 0 unspecified atom stereocenters. The number of likely N-dealkylation sites (N-methyl/N-ethyl adjacent to an activating group) is 1. The molecule has 1 atom stereocenters. The highest BCUT2D eigenvalue weighted by molar-refractivity contribution is 5.81. The van der Waals surface area contributed by atoms with Crippen molar-refractivity contribution in [3.8, 4) is 5.75 Å². The first-order valence-corrected chi connectivity index (χ1v) is 6.92. The zero-order valence-electron chi connectivity index (χ0n) is 11.7. The molecule has 1 aromatic carbocycles. The highest BCUT2D eigenvalue weighted by atomic mass is 16.3. The second kappa shape index (κ2) is 6.24. The van der Waals surface area contributed by atoms with Gasteiger partial charge in [-0.2, -0.15) is 0 Å². The van der Waals surface area contributed by atoms with Crippen LogP contribution >= 0.6 is 0 Å². The van der Waals surface area contributed by atoms with Crippen molar-refractivity contribution in [2.45, 2.75) is 31.4 Å². The Hall–Kier alpha value is -1.59. The number of rotatable bonds is 5. The predicted molar refractivity (Wildman–Crippen MR) is 76.2 cm³/mol. The topological polar surface area (TPSA) is 86.8 Å². The molecule has 20 heavy (non-hydrogen) atoms. The number of nitrogens with two attached hydrogens (primary N) is 1. The summed E-state index contributed by atoms with van der Waals surface area (Å²) in [6, 6.07) is 6.14. The average molecular weight is 278 g/mol.